The first-order valence-corrected chi connectivity index (χ1v) is 8.51. The molecule has 1 aliphatic carbocycles. The maximum Gasteiger partial charge on any atom is 0.196 e. The van der Waals surface area contributed by atoms with Crippen LogP contribution in [-0.2, 0) is 6.42 Å². The molecule has 1 aliphatic rings. The van der Waals surface area contributed by atoms with E-state index in [1.807, 2.05) is 16.7 Å². The third-order valence-corrected chi connectivity index (χ3v) is 4.97. The van der Waals surface area contributed by atoms with Gasteiger partial charge in [0.25, 0.3) is 0 Å². The number of nitrogens with one attached hydrogen (secondary N) is 1. The Morgan fingerprint density at radius 3 is 2.92 bits per heavy atom. The van der Waals surface area contributed by atoms with Gasteiger partial charge in [-0.1, -0.05) is 24.3 Å². The maximum atomic E-state index is 10.7. The molecule has 3 aromatic rings. The highest BCUT2D eigenvalue weighted by atomic mass is 32.1. The van der Waals surface area contributed by atoms with E-state index in [-0.39, 0.29) is 17.5 Å². The number of hydrogen-bond donors (Lipinski definition) is 2. The second-order valence-electron chi connectivity index (χ2n) is 6.12. The number of aryl methyl sites for hydroxylation is 1. The maximum absolute atomic E-state index is 10.7. The van der Waals surface area contributed by atoms with E-state index in [2.05, 4.69) is 27.5 Å². The Morgan fingerprint density at radius 1 is 1.28 bits per heavy atom. The van der Waals surface area contributed by atoms with Crippen molar-refractivity contribution in [2.45, 2.75) is 25.3 Å². The molecule has 126 valence electrons. The molecule has 0 fully saturated rings. The highest BCUT2D eigenvalue weighted by Crippen LogP contribution is 2.38. The van der Waals surface area contributed by atoms with Crippen molar-refractivity contribution >= 4 is 17.9 Å². The summed E-state index contributed by atoms with van der Waals surface area (Å²) in [6.07, 6.45) is 3.07. The van der Waals surface area contributed by atoms with Gasteiger partial charge in [0.2, 0.25) is 0 Å². The summed E-state index contributed by atoms with van der Waals surface area (Å²) in [5, 5.41) is 20.3. The summed E-state index contributed by atoms with van der Waals surface area (Å²) in [5.41, 5.74) is 3.24. The quantitative estimate of drug-likeness (QED) is 0.531. The molecule has 2 N–H and O–H groups in total. The number of aromatic amines is 1. The number of nitrogens with zero attached hydrogens (tertiary/aromatic N) is 3. The lowest BCUT2D eigenvalue weighted by Gasteiger charge is -2.27. The molecule has 2 aromatic carbocycles. The Labute approximate surface area is 149 Å². The molecule has 4 rings (SSSR count). The van der Waals surface area contributed by atoms with E-state index >= 15 is 0 Å². The SMILES string of the molecule is O=Nc1ccc(-c2n[nH]c(=S)n2C2CCCc3ccccc32)c(O)c1. The molecule has 1 heterocycles. The van der Waals surface area contributed by atoms with Gasteiger partial charge in [0.05, 0.1) is 11.6 Å². The molecule has 25 heavy (non-hydrogen) atoms. The van der Waals surface area contributed by atoms with Gasteiger partial charge in [-0.3, -0.25) is 9.67 Å². The van der Waals surface area contributed by atoms with Gasteiger partial charge >= 0.3 is 0 Å². The Balaban J connectivity index is 1.88. The molecule has 0 saturated carbocycles. The predicted octanol–water partition coefficient (Wildman–Crippen LogP) is 4.64. The predicted molar refractivity (Wildman–Crippen MR) is 97.5 cm³/mol. The van der Waals surface area contributed by atoms with Crippen LogP contribution in [0.25, 0.3) is 11.4 Å². The topological polar surface area (TPSA) is 83.3 Å². The van der Waals surface area contributed by atoms with Gasteiger partial charge in [0, 0.05) is 6.07 Å². The van der Waals surface area contributed by atoms with Crippen LogP contribution in [0.2, 0.25) is 0 Å². The summed E-state index contributed by atoms with van der Waals surface area (Å²) in [7, 11) is 0. The van der Waals surface area contributed by atoms with Gasteiger partial charge in [-0.05, 0) is 59.9 Å². The lowest BCUT2D eigenvalue weighted by molar-refractivity contribution is 0.471. The largest absolute Gasteiger partial charge is 0.507 e. The molecule has 0 radical (unpaired) electrons. The number of aromatic hydroxyl groups is 1. The van der Waals surface area contributed by atoms with Crippen molar-refractivity contribution in [3.63, 3.8) is 0 Å². The second kappa shape index (κ2) is 6.25. The Bertz CT molecular complexity index is 1010. The molecular weight excluding hydrogens is 336 g/mol. The monoisotopic (exact) mass is 352 g/mol. The molecule has 0 spiro atoms. The van der Waals surface area contributed by atoms with Crippen molar-refractivity contribution in [1.29, 1.82) is 0 Å². The van der Waals surface area contributed by atoms with Crippen molar-refractivity contribution in [3.8, 4) is 17.1 Å². The number of H-pyrrole nitrogens is 1. The minimum atomic E-state index is -0.0450. The average molecular weight is 352 g/mol. The Hall–Kier alpha value is -2.80. The molecule has 1 atom stereocenters. The van der Waals surface area contributed by atoms with E-state index in [1.54, 1.807) is 12.1 Å². The van der Waals surface area contributed by atoms with E-state index in [1.165, 1.54) is 17.2 Å². The zero-order chi connectivity index (χ0) is 17.4. The van der Waals surface area contributed by atoms with E-state index in [9.17, 15) is 10.0 Å². The third-order valence-electron chi connectivity index (χ3n) is 4.68. The zero-order valence-corrected chi connectivity index (χ0v) is 14.2. The summed E-state index contributed by atoms with van der Waals surface area (Å²) >= 11 is 5.47. The first kappa shape index (κ1) is 15.7. The van der Waals surface area contributed by atoms with Crippen LogP contribution in [0.1, 0.15) is 30.0 Å². The number of aromatic nitrogens is 3. The fourth-order valence-corrected chi connectivity index (χ4v) is 3.81. The standard InChI is InChI=1S/C18H16N4O2S/c23-16-10-12(21-24)8-9-14(16)17-19-20-18(25)22(17)15-7-3-5-11-4-1-2-6-13(11)15/h1-2,4,6,8-10,15,23H,3,5,7H2,(H,20,25). The summed E-state index contributed by atoms with van der Waals surface area (Å²) in [6.45, 7) is 0. The van der Waals surface area contributed by atoms with Crippen LogP contribution in [0.4, 0.5) is 5.69 Å². The lowest BCUT2D eigenvalue weighted by Crippen LogP contribution is -2.18. The molecular formula is C18H16N4O2S. The molecule has 1 unspecified atom stereocenters. The van der Waals surface area contributed by atoms with Crippen molar-refractivity contribution in [2.24, 2.45) is 5.18 Å². The molecule has 0 aliphatic heterocycles. The van der Waals surface area contributed by atoms with Crippen molar-refractivity contribution in [1.82, 2.24) is 14.8 Å². The summed E-state index contributed by atoms with van der Waals surface area (Å²) in [5.74, 6) is 0.512. The summed E-state index contributed by atoms with van der Waals surface area (Å²) in [4.78, 5) is 10.7. The normalized spacial score (nSPS) is 16.4. The number of fused-ring (bicyclic) bond motifs is 1. The van der Waals surface area contributed by atoms with Crippen molar-refractivity contribution < 1.29 is 5.11 Å². The van der Waals surface area contributed by atoms with Crippen LogP contribution in [-0.4, -0.2) is 19.9 Å². The summed E-state index contributed by atoms with van der Waals surface area (Å²) < 4.78 is 2.46. The minimum absolute atomic E-state index is 0.0450. The first-order valence-electron chi connectivity index (χ1n) is 8.10. The van der Waals surface area contributed by atoms with E-state index in [4.69, 9.17) is 12.2 Å². The molecule has 0 amide bonds. The van der Waals surface area contributed by atoms with Crippen LogP contribution in [0.3, 0.4) is 0 Å². The number of phenols is 1. The van der Waals surface area contributed by atoms with Gasteiger partial charge < -0.3 is 5.11 Å². The molecule has 6 nitrogen and oxygen atoms in total. The van der Waals surface area contributed by atoms with E-state index in [0.717, 1.165) is 19.3 Å². The molecule has 0 bridgehead atoms. The van der Waals surface area contributed by atoms with Gasteiger partial charge in [-0.15, -0.1) is 4.91 Å². The van der Waals surface area contributed by atoms with Crippen LogP contribution in [0.5, 0.6) is 5.75 Å². The number of phenolic OH excluding ortho intramolecular Hbond substituents is 1. The van der Waals surface area contributed by atoms with Crippen LogP contribution in [0.15, 0.2) is 47.6 Å². The lowest BCUT2D eigenvalue weighted by atomic mass is 9.87. The minimum Gasteiger partial charge on any atom is -0.507 e. The van der Waals surface area contributed by atoms with Gasteiger partial charge in [0.15, 0.2) is 10.6 Å². The molecule has 7 heteroatoms. The zero-order valence-electron chi connectivity index (χ0n) is 13.3. The van der Waals surface area contributed by atoms with Crippen LogP contribution in [0, 0.1) is 9.68 Å². The van der Waals surface area contributed by atoms with Gasteiger partial charge in [-0.2, -0.15) is 5.10 Å². The number of rotatable bonds is 3. The first-order chi connectivity index (χ1) is 12.2. The van der Waals surface area contributed by atoms with E-state index in [0.29, 0.717) is 16.2 Å². The third kappa shape index (κ3) is 2.66. The molecule has 0 saturated heterocycles. The highest BCUT2D eigenvalue weighted by molar-refractivity contribution is 7.71. The Kier molecular flexibility index (Phi) is 3.93. The van der Waals surface area contributed by atoms with E-state index < -0.39 is 0 Å². The number of hydrogen-bond acceptors (Lipinski definition) is 5. The number of benzene rings is 2. The fourth-order valence-electron chi connectivity index (χ4n) is 3.55. The average Bonchev–Trinajstić information content (AvgIpc) is 3.02. The summed E-state index contributed by atoms with van der Waals surface area (Å²) in [6, 6.07) is 12.9. The van der Waals surface area contributed by atoms with Crippen molar-refractivity contribution in [2.75, 3.05) is 0 Å². The number of nitroso groups, excluding NO2 is 1. The van der Waals surface area contributed by atoms with Gasteiger partial charge in [-0.25, -0.2) is 0 Å². The molecule has 1 aromatic heterocycles. The highest BCUT2D eigenvalue weighted by Gasteiger charge is 2.26. The Morgan fingerprint density at radius 2 is 2.12 bits per heavy atom. The van der Waals surface area contributed by atoms with Crippen LogP contribution >= 0.6 is 12.2 Å². The second-order valence-corrected chi connectivity index (χ2v) is 6.51. The van der Waals surface area contributed by atoms with Gasteiger partial charge in [0.1, 0.15) is 11.4 Å². The fraction of sp³-hybridized carbons (Fsp3) is 0.222. The van der Waals surface area contributed by atoms with Crippen LogP contribution < -0.4 is 0 Å². The van der Waals surface area contributed by atoms with Crippen molar-refractivity contribution in [3.05, 3.63) is 63.3 Å². The smallest absolute Gasteiger partial charge is 0.196 e.